The monoisotopic (exact) mass is 404 g/mol. The van der Waals surface area contributed by atoms with Crippen molar-refractivity contribution < 1.29 is 14.6 Å². The highest BCUT2D eigenvalue weighted by Crippen LogP contribution is 2.21. The molecule has 0 fully saturated rings. The van der Waals surface area contributed by atoms with Gasteiger partial charge in [-0.2, -0.15) is 5.10 Å². The number of rotatable bonds is 9. The molecule has 0 saturated carbocycles. The largest absolute Gasteiger partial charge is 0.497 e. The van der Waals surface area contributed by atoms with Crippen LogP contribution in [0.15, 0.2) is 34.2 Å². The van der Waals surface area contributed by atoms with Crippen molar-refractivity contribution >= 4 is 24.3 Å². The first-order valence-electron chi connectivity index (χ1n) is 9.02. The zero-order valence-corrected chi connectivity index (χ0v) is 16.7. The number of methoxy groups -OCH3 is 1. The molecule has 2 rings (SSSR count). The number of amides is 1. The minimum atomic E-state index is -0.604. The number of carbonyl (C=O) groups is 1. The van der Waals surface area contributed by atoms with E-state index >= 15 is 0 Å². The second-order valence-corrected chi connectivity index (χ2v) is 6.52. The molecule has 0 saturated heterocycles. The van der Waals surface area contributed by atoms with Crippen molar-refractivity contribution in [2.24, 2.45) is 5.10 Å². The van der Waals surface area contributed by atoms with Crippen molar-refractivity contribution in [1.82, 2.24) is 15.0 Å². The summed E-state index contributed by atoms with van der Waals surface area (Å²) in [5.41, 5.74) is 2.18. The van der Waals surface area contributed by atoms with E-state index in [0.717, 1.165) is 31.9 Å². The predicted octanol–water partition coefficient (Wildman–Crippen LogP) is 3.03. The summed E-state index contributed by atoms with van der Waals surface area (Å²) < 4.78 is 6.44. The molecule has 1 aromatic heterocycles. The van der Waals surface area contributed by atoms with Gasteiger partial charge < -0.3 is 9.84 Å². The smallest absolute Gasteiger partial charge is 0.264 e. The number of benzene rings is 1. The Balaban J connectivity index is 2.20. The molecule has 0 spiro atoms. The molecule has 2 aromatic rings. The van der Waals surface area contributed by atoms with Crippen molar-refractivity contribution in [1.29, 1.82) is 0 Å². The fourth-order valence-electron chi connectivity index (χ4n) is 2.56. The summed E-state index contributed by atoms with van der Waals surface area (Å²) in [7, 11) is 1.55. The van der Waals surface area contributed by atoms with Crippen LogP contribution in [0.1, 0.15) is 44.6 Å². The first-order valence-corrected chi connectivity index (χ1v) is 9.43. The topological polar surface area (TPSA) is 109 Å². The van der Waals surface area contributed by atoms with Crippen LogP contribution in [0.4, 0.5) is 0 Å². The highest BCUT2D eigenvalue weighted by molar-refractivity contribution is 7.71. The van der Waals surface area contributed by atoms with Crippen LogP contribution in [0.2, 0.25) is 0 Å². The van der Waals surface area contributed by atoms with Crippen molar-refractivity contribution in [3.63, 3.8) is 0 Å². The lowest BCUT2D eigenvalue weighted by Gasteiger charge is -2.11. The Morgan fingerprint density at radius 2 is 2.04 bits per heavy atom. The van der Waals surface area contributed by atoms with Crippen LogP contribution in [0.3, 0.4) is 0 Å². The summed E-state index contributed by atoms with van der Waals surface area (Å²) in [5, 5.41) is 14.3. The molecule has 0 atom stereocenters. The maximum Gasteiger partial charge on any atom is 0.264 e. The minimum Gasteiger partial charge on any atom is -0.497 e. The van der Waals surface area contributed by atoms with Gasteiger partial charge in [-0.05, 0) is 42.9 Å². The number of aromatic hydroxyl groups is 1. The maximum absolute atomic E-state index is 12.1. The number of unbranched alkanes of at least 4 members (excludes halogenated alkanes) is 3. The molecule has 0 radical (unpaired) electrons. The summed E-state index contributed by atoms with van der Waals surface area (Å²) in [6, 6.07) is 6.78. The van der Waals surface area contributed by atoms with E-state index < -0.39 is 5.56 Å². The summed E-state index contributed by atoms with van der Waals surface area (Å²) in [4.78, 5) is 26.4. The van der Waals surface area contributed by atoms with E-state index in [1.54, 1.807) is 31.4 Å². The standard InChI is InChI=1S/C19H24N4O4S/c1-3-4-5-6-7-16(24)22-20-12-15-17(25)21-19(28)23(18(15)26)13-8-10-14(27-2)11-9-13/h8-12,26H,3-7H2,1-2H3,(H,22,24)(H,21,25,28)/b20-12+. The molecule has 1 aromatic carbocycles. The van der Waals surface area contributed by atoms with Gasteiger partial charge in [0.05, 0.1) is 19.0 Å². The number of hydrogen-bond acceptors (Lipinski definition) is 6. The third-order valence-electron chi connectivity index (χ3n) is 4.09. The maximum atomic E-state index is 12.1. The Morgan fingerprint density at radius 3 is 2.68 bits per heavy atom. The fourth-order valence-corrected chi connectivity index (χ4v) is 2.85. The molecule has 9 heteroatoms. The van der Waals surface area contributed by atoms with Crippen LogP contribution >= 0.6 is 12.2 Å². The fraction of sp³-hybridized carbons (Fsp3) is 0.368. The number of nitrogens with zero attached hydrogens (tertiary/aromatic N) is 2. The number of ether oxygens (including phenoxy) is 1. The number of nitrogens with one attached hydrogen (secondary N) is 2. The van der Waals surface area contributed by atoms with Gasteiger partial charge in [0, 0.05) is 6.42 Å². The molecular formula is C19H24N4O4S. The summed E-state index contributed by atoms with van der Waals surface area (Å²) in [6.45, 7) is 2.10. The average molecular weight is 404 g/mol. The Morgan fingerprint density at radius 1 is 1.32 bits per heavy atom. The van der Waals surface area contributed by atoms with Crippen LogP contribution in [0.5, 0.6) is 11.6 Å². The van der Waals surface area contributed by atoms with Gasteiger partial charge in [-0.25, -0.2) is 5.43 Å². The average Bonchev–Trinajstić information content (AvgIpc) is 2.68. The number of carbonyl (C=O) groups excluding carboxylic acids is 1. The molecule has 0 bridgehead atoms. The lowest BCUT2D eigenvalue weighted by molar-refractivity contribution is -0.121. The molecule has 0 aliphatic heterocycles. The third-order valence-corrected chi connectivity index (χ3v) is 4.38. The Kier molecular flexibility index (Phi) is 7.94. The molecular weight excluding hydrogens is 380 g/mol. The highest BCUT2D eigenvalue weighted by atomic mass is 32.1. The van der Waals surface area contributed by atoms with E-state index in [9.17, 15) is 14.7 Å². The first-order chi connectivity index (χ1) is 13.5. The second-order valence-electron chi connectivity index (χ2n) is 6.13. The van der Waals surface area contributed by atoms with Gasteiger partial charge in [0.15, 0.2) is 4.77 Å². The number of H-pyrrole nitrogens is 1. The molecule has 0 aliphatic rings. The third kappa shape index (κ3) is 5.53. The number of hydrazone groups is 1. The Bertz CT molecular complexity index is 948. The number of hydrogen-bond donors (Lipinski definition) is 3. The normalized spacial score (nSPS) is 10.9. The van der Waals surface area contributed by atoms with Crippen LogP contribution in [-0.4, -0.2) is 33.9 Å². The van der Waals surface area contributed by atoms with E-state index in [1.165, 1.54) is 4.57 Å². The van der Waals surface area contributed by atoms with Crippen LogP contribution in [-0.2, 0) is 4.79 Å². The zero-order chi connectivity index (χ0) is 20.5. The van der Waals surface area contributed by atoms with Crippen LogP contribution < -0.4 is 15.7 Å². The van der Waals surface area contributed by atoms with Crippen molar-refractivity contribution in [3.05, 3.63) is 45.0 Å². The van der Waals surface area contributed by atoms with E-state index in [-0.39, 0.29) is 22.1 Å². The number of aromatic nitrogens is 2. The molecule has 1 heterocycles. The molecule has 150 valence electrons. The van der Waals surface area contributed by atoms with E-state index in [2.05, 4.69) is 22.4 Å². The molecule has 0 unspecified atom stereocenters. The Hall–Kier alpha value is -2.94. The molecule has 1 amide bonds. The lowest BCUT2D eigenvalue weighted by Crippen LogP contribution is -2.21. The van der Waals surface area contributed by atoms with Crippen molar-refractivity contribution in [3.8, 4) is 17.3 Å². The molecule has 3 N–H and O–H groups in total. The van der Waals surface area contributed by atoms with Gasteiger partial charge in [0.25, 0.3) is 5.56 Å². The minimum absolute atomic E-state index is 0.0322. The molecule has 0 aliphatic carbocycles. The van der Waals surface area contributed by atoms with Gasteiger partial charge in [0.1, 0.15) is 11.3 Å². The van der Waals surface area contributed by atoms with Gasteiger partial charge in [-0.3, -0.25) is 19.1 Å². The van der Waals surface area contributed by atoms with Crippen molar-refractivity contribution in [2.75, 3.05) is 7.11 Å². The molecule has 28 heavy (non-hydrogen) atoms. The second kappa shape index (κ2) is 10.4. The van der Waals surface area contributed by atoms with Crippen molar-refractivity contribution in [2.45, 2.75) is 39.0 Å². The van der Waals surface area contributed by atoms with Gasteiger partial charge in [0.2, 0.25) is 11.8 Å². The molecule has 8 nitrogen and oxygen atoms in total. The van der Waals surface area contributed by atoms with E-state index in [4.69, 9.17) is 17.0 Å². The van der Waals surface area contributed by atoms with Gasteiger partial charge >= 0.3 is 0 Å². The van der Waals surface area contributed by atoms with Gasteiger partial charge in [-0.1, -0.05) is 26.2 Å². The SMILES string of the molecule is CCCCCCC(=O)N/N=C/c1c(O)n(-c2ccc(OC)cc2)c(=S)[nH]c1=O. The summed E-state index contributed by atoms with van der Waals surface area (Å²) in [6.07, 6.45) is 5.40. The highest BCUT2D eigenvalue weighted by Gasteiger charge is 2.13. The van der Waals surface area contributed by atoms with E-state index in [0.29, 0.717) is 17.9 Å². The van der Waals surface area contributed by atoms with E-state index in [1.807, 2.05) is 0 Å². The quantitative estimate of drug-likeness (QED) is 0.258. The Labute approximate surface area is 167 Å². The van der Waals surface area contributed by atoms with Crippen LogP contribution in [0, 0.1) is 4.77 Å². The summed E-state index contributed by atoms with van der Waals surface area (Å²) in [5.74, 6) is 0.0219. The zero-order valence-electron chi connectivity index (χ0n) is 15.9. The first kappa shape index (κ1) is 21.4. The lowest BCUT2D eigenvalue weighted by atomic mass is 10.1. The predicted molar refractivity (Wildman–Crippen MR) is 110 cm³/mol. The van der Waals surface area contributed by atoms with Gasteiger partial charge in [-0.15, -0.1) is 0 Å². The summed E-state index contributed by atoms with van der Waals surface area (Å²) >= 11 is 5.16. The van der Waals surface area contributed by atoms with Crippen LogP contribution in [0.25, 0.3) is 5.69 Å². The number of aromatic amines is 1.